The fraction of sp³-hybridized carbons (Fsp3) is 0.0625. The third kappa shape index (κ3) is 3.35. The summed E-state index contributed by atoms with van der Waals surface area (Å²) < 4.78 is 14.5. The maximum Gasteiger partial charge on any atom is 0.258 e. The molecule has 0 radical (unpaired) electrons. The Morgan fingerprint density at radius 1 is 1.13 bits per heavy atom. The van der Waals surface area contributed by atoms with Gasteiger partial charge in [-0.25, -0.2) is 9.37 Å². The predicted octanol–water partition coefficient (Wildman–Crippen LogP) is 3.65. The van der Waals surface area contributed by atoms with Crippen molar-refractivity contribution in [3.05, 3.63) is 53.8 Å². The first-order valence-electron chi connectivity index (χ1n) is 6.77. The van der Waals surface area contributed by atoms with Crippen LogP contribution in [0.25, 0.3) is 10.2 Å². The molecular formula is C16H12FN3O2S. The van der Waals surface area contributed by atoms with Crippen LogP contribution in [0, 0.1) is 5.82 Å². The van der Waals surface area contributed by atoms with E-state index in [1.165, 1.54) is 36.5 Å². The highest BCUT2D eigenvalue weighted by Crippen LogP contribution is 2.28. The molecule has 0 bridgehead atoms. The number of rotatable bonds is 3. The minimum Gasteiger partial charge on any atom is -0.322 e. The zero-order valence-electron chi connectivity index (χ0n) is 12.1. The fourth-order valence-electron chi connectivity index (χ4n) is 2.05. The molecule has 0 saturated carbocycles. The lowest BCUT2D eigenvalue weighted by molar-refractivity contribution is -0.114. The number of carbonyl (C=O) groups is 2. The Labute approximate surface area is 135 Å². The number of thiazole rings is 1. The van der Waals surface area contributed by atoms with E-state index >= 15 is 0 Å². The first-order valence-corrected chi connectivity index (χ1v) is 7.58. The van der Waals surface area contributed by atoms with Crippen molar-refractivity contribution in [2.45, 2.75) is 6.92 Å². The standard InChI is InChI=1S/C16H12FN3O2S/c1-9(21)18-16-20-13-8-10(6-7-14(13)23-16)19-15(22)11-4-2-3-5-12(11)17/h2-8H,1H3,(H,19,22)(H,18,20,21). The number of amides is 2. The number of nitrogens with one attached hydrogen (secondary N) is 2. The first kappa shape index (κ1) is 15.1. The van der Waals surface area contributed by atoms with Gasteiger partial charge in [0.25, 0.3) is 5.91 Å². The number of carbonyl (C=O) groups excluding carboxylic acids is 2. The Kier molecular flexibility index (Phi) is 4.03. The molecule has 3 rings (SSSR count). The van der Waals surface area contributed by atoms with E-state index in [2.05, 4.69) is 15.6 Å². The van der Waals surface area contributed by atoms with Crippen LogP contribution >= 0.6 is 11.3 Å². The smallest absolute Gasteiger partial charge is 0.258 e. The number of aromatic nitrogens is 1. The highest BCUT2D eigenvalue weighted by Gasteiger charge is 2.12. The number of hydrogen-bond acceptors (Lipinski definition) is 4. The zero-order valence-corrected chi connectivity index (χ0v) is 12.9. The SMILES string of the molecule is CC(=O)Nc1nc2cc(NC(=O)c3ccccc3F)ccc2s1. The van der Waals surface area contributed by atoms with Gasteiger partial charge in [-0.15, -0.1) is 0 Å². The molecule has 0 aliphatic rings. The minimum absolute atomic E-state index is 0.0233. The van der Waals surface area contributed by atoms with E-state index < -0.39 is 11.7 Å². The number of fused-ring (bicyclic) bond motifs is 1. The highest BCUT2D eigenvalue weighted by molar-refractivity contribution is 7.22. The normalized spacial score (nSPS) is 10.5. The molecule has 1 heterocycles. The maximum absolute atomic E-state index is 13.6. The molecule has 23 heavy (non-hydrogen) atoms. The van der Waals surface area contributed by atoms with E-state index in [4.69, 9.17) is 0 Å². The molecule has 0 fully saturated rings. The first-order chi connectivity index (χ1) is 11.0. The van der Waals surface area contributed by atoms with E-state index in [0.717, 1.165) is 4.70 Å². The highest BCUT2D eigenvalue weighted by atomic mass is 32.1. The minimum atomic E-state index is -0.576. The van der Waals surface area contributed by atoms with Gasteiger partial charge in [-0.3, -0.25) is 9.59 Å². The van der Waals surface area contributed by atoms with Crippen molar-refractivity contribution in [2.75, 3.05) is 10.6 Å². The molecule has 2 amide bonds. The van der Waals surface area contributed by atoms with Gasteiger partial charge >= 0.3 is 0 Å². The topological polar surface area (TPSA) is 71.1 Å². The van der Waals surface area contributed by atoms with Crippen LogP contribution in [0.5, 0.6) is 0 Å². The third-order valence-electron chi connectivity index (χ3n) is 3.05. The molecule has 7 heteroatoms. The fourth-order valence-corrected chi connectivity index (χ4v) is 2.95. The lowest BCUT2D eigenvalue weighted by Gasteiger charge is -2.05. The Balaban J connectivity index is 1.84. The maximum atomic E-state index is 13.6. The molecule has 2 N–H and O–H groups in total. The van der Waals surface area contributed by atoms with Gasteiger partial charge in [-0.2, -0.15) is 0 Å². The number of hydrogen-bond donors (Lipinski definition) is 2. The Hall–Kier alpha value is -2.80. The number of anilines is 2. The number of halogens is 1. The van der Waals surface area contributed by atoms with Crippen molar-refractivity contribution in [3.63, 3.8) is 0 Å². The molecule has 0 spiro atoms. The van der Waals surface area contributed by atoms with Crippen molar-refractivity contribution in [2.24, 2.45) is 0 Å². The summed E-state index contributed by atoms with van der Waals surface area (Å²) in [6, 6.07) is 10.9. The summed E-state index contributed by atoms with van der Waals surface area (Å²) in [6.45, 7) is 1.41. The van der Waals surface area contributed by atoms with Gasteiger partial charge in [0.2, 0.25) is 5.91 Å². The van der Waals surface area contributed by atoms with Gasteiger partial charge in [-0.1, -0.05) is 23.5 Å². The molecule has 0 atom stereocenters. The van der Waals surface area contributed by atoms with E-state index in [9.17, 15) is 14.0 Å². The van der Waals surface area contributed by atoms with E-state index in [-0.39, 0.29) is 11.5 Å². The molecule has 5 nitrogen and oxygen atoms in total. The summed E-state index contributed by atoms with van der Waals surface area (Å²) >= 11 is 1.34. The molecule has 3 aromatic rings. The molecule has 116 valence electrons. The van der Waals surface area contributed by atoms with Crippen LogP contribution in [0.1, 0.15) is 17.3 Å². The van der Waals surface area contributed by atoms with Crippen LogP contribution in [0.15, 0.2) is 42.5 Å². The van der Waals surface area contributed by atoms with Crippen molar-refractivity contribution in [1.82, 2.24) is 4.98 Å². The van der Waals surface area contributed by atoms with Crippen molar-refractivity contribution >= 4 is 44.2 Å². The van der Waals surface area contributed by atoms with Gasteiger partial charge in [0.05, 0.1) is 15.8 Å². The lowest BCUT2D eigenvalue weighted by Crippen LogP contribution is -2.13. The predicted molar refractivity (Wildman–Crippen MR) is 88.3 cm³/mol. The summed E-state index contributed by atoms with van der Waals surface area (Å²) in [5, 5.41) is 5.75. The largest absolute Gasteiger partial charge is 0.322 e. The quantitative estimate of drug-likeness (QED) is 0.770. The Morgan fingerprint density at radius 2 is 1.91 bits per heavy atom. The van der Waals surface area contributed by atoms with Crippen molar-refractivity contribution in [3.8, 4) is 0 Å². The van der Waals surface area contributed by atoms with E-state index in [1.807, 2.05) is 0 Å². The number of benzene rings is 2. The van der Waals surface area contributed by atoms with Gasteiger partial charge in [0.15, 0.2) is 5.13 Å². The van der Waals surface area contributed by atoms with Crippen LogP contribution in [0.2, 0.25) is 0 Å². The Morgan fingerprint density at radius 3 is 2.65 bits per heavy atom. The average molecular weight is 329 g/mol. The summed E-state index contributed by atoms with van der Waals surface area (Å²) in [5.74, 6) is -1.30. The molecule has 2 aromatic carbocycles. The third-order valence-corrected chi connectivity index (χ3v) is 4.00. The monoisotopic (exact) mass is 329 g/mol. The second kappa shape index (κ2) is 6.13. The lowest BCUT2D eigenvalue weighted by atomic mass is 10.2. The number of nitrogens with zero attached hydrogens (tertiary/aromatic N) is 1. The molecule has 0 unspecified atom stereocenters. The molecule has 0 aliphatic heterocycles. The second-order valence-electron chi connectivity index (χ2n) is 4.82. The molecular weight excluding hydrogens is 317 g/mol. The van der Waals surface area contributed by atoms with Crippen LogP contribution < -0.4 is 10.6 Å². The van der Waals surface area contributed by atoms with Crippen molar-refractivity contribution in [1.29, 1.82) is 0 Å². The molecule has 1 aromatic heterocycles. The van der Waals surface area contributed by atoms with Crippen LogP contribution in [0.3, 0.4) is 0 Å². The van der Waals surface area contributed by atoms with Gasteiger partial charge < -0.3 is 10.6 Å². The summed E-state index contributed by atoms with van der Waals surface area (Å²) in [7, 11) is 0. The van der Waals surface area contributed by atoms with Gasteiger partial charge in [0, 0.05) is 12.6 Å². The summed E-state index contributed by atoms with van der Waals surface area (Å²) in [4.78, 5) is 27.4. The average Bonchev–Trinajstić information content (AvgIpc) is 2.88. The Bertz CT molecular complexity index is 907. The summed E-state index contributed by atoms with van der Waals surface area (Å²) in [6.07, 6.45) is 0. The van der Waals surface area contributed by atoms with Gasteiger partial charge in [-0.05, 0) is 30.3 Å². The molecule has 0 saturated heterocycles. The van der Waals surface area contributed by atoms with E-state index in [1.54, 1.807) is 24.3 Å². The van der Waals surface area contributed by atoms with Crippen LogP contribution in [-0.4, -0.2) is 16.8 Å². The summed E-state index contributed by atoms with van der Waals surface area (Å²) in [5.41, 5.74) is 1.13. The molecule has 0 aliphatic carbocycles. The van der Waals surface area contributed by atoms with E-state index in [0.29, 0.717) is 16.3 Å². The van der Waals surface area contributed by atoms with Crippen LogP contribution in [0.4, 0.5) is 15.2 Å². The zero-order chi connectivity index (χ0) is 16.4. The van der Waals surface area contributed by atoms with Gasteiger partial charge in [0.1, 0.15) is 5.82 Å². The second-order valence-corrected chi connectivity index (χ2v) is 5.85. The van der Waals surface area contributed by atoms with Crippen LogP contribution in [-0.2, 0) is 4.79 Å². The van der Waals surface area contributed by atoms with Crippen molar-refractivity contribution < 1.29 is 14.0 Å².